The Kier molecular flexibility index (Phi) is 4.30. The monoisotopic (exact) mass is 382 g/mol. The Labute approximate surface area is 159 Å². The Hall–Kier alpha value is -0.990. The van der Waals surface area contributed by atoms with Crippen LogP contribution in [-0.2, 0) is 19.0 Å². The van der Waals surface area contributed by atoms with Gasteiger partial charge in [-0.1, -0.05) is 26.8 Å². The molecule has 27 heavy (non-hydrogen) atoms. The first-order valence-electron chi connectivity index (χ1n) is 9.77. The Morgan fingerprint density at radius 2 is 2.07 bits per heavy atom. The minimum absolute atomic E-state index is 0.191. The molecule has 1 saturated carbocycles. The minimum Gasteiger partial charge on any atom is -0.458 e. The van der Waals surface area contributed by atoms with Crippen LogP contribution in [0.2, 0.25) is 0 Å². The zero-order valence-corrected chi connectivity index (χ0v) is 16.3. The van der Waals surface area contributed by atoms with Crippen molar-refractivity contribution in [2.24, 2.45) is 16.7 Å². The molecule has 0 aromatic heterocycles. The Morgan fingerprint density at radius 1 is 1.41 bits per heavy atom. The minimum atomic E-state index is -1.10. The SMILES string of the molecule is CC1=CC2O[C@@H]3[C@H](O)[C@@H](O)[C@](C)([C@@]2(CO)C[C@@H]1OC(=O)CC(C)C)[C@]31CO1. The molecule has 2 heterocycles. The van der Waals surface area contributed by atoms with E-state index in [4.69, 9.17) is 14.2 Å². The second-order valence-corrected chi connectivity index (χ2v) is 9.30. The first-order valence-corrected chi connectivity index (χ1v) is 9.77. The van der Waals surface area contributed by atoms with Gasteiger partial charge < -0.3 is 29.5 Å². The van der Waals surface area contributed by atoms with Gasteiger partial charge in [0.05, 0.1) is 25.4 Å². The van der Waals surface area contributed by atoms with Crippen molar-refractivity contribution in [3.05, 3.63) is 11.6 Å². The van der Waals surface area contributed by atoms with Crippen molar-refractivity contribution >= 4 is 5.97 Å². The summed E-state index contributed by atoms with van der Waals surface area (Å²) in [5.74, 6) is -0.0883. The molecule has 4 rings (SSSR count). The highest BCUT2D eigenvalue weighted by atomic mass is 16.6. The van der Waals surface area contributed by atoms with Crippen LogP contribution < -0.4 is 0 Å². The summed E-state index contributed by atoms with van der Waals surface area (Å²) in [5, 5.41) is 32.1. The van der Waals surface area contributed by atoms with Gasteiger partial charge in [0.15, 0.2) is 0 Å². The number of fused-ring (bicyclic) bond motifs is 2. The Bertz CT molecular complexity index is 669. The highest BCUT2D eigenvalue weighted by Gasteiger charge is 2.84. The van der Waals surface area contributed by atoms with Crippen LogP contribution in [0.15, 0.2) is 11.6 Å². The molecule has 0 radical (unpaired) electrons. The van der Waals surface area contributed by atoms with Crippen molar-refractivity contribution < 1.29 is 34.3 Å². The van der Waals surface area contributed by atoms with Crippen LogP contribution in [0.4, 0.5) is 0 Å². The molecule has 0 aromatic rings. The molecule has 3 fully saturated rings. The van der Waals surface area contributed by atoms with Gasteiger partial charge in [-0.2, -0.15) is 0 Å². The predicted molar refractivity (Wildman–Crippen MR) is 94.7 cm³/mol. The van der Waals surface area contributed by atoms with E-state index in [1.807, 2.05) is 33.8 Å². The fourth-order valence-electron chi connectivity index (χ4n) is 5.72. The second-order valence-electron chi connectivity index (χ2n) is 9.30. The first-order chi connectivity index (χ1) is 12.6. The molecule has 8 atom stereocenters. The van der Waals surface area contributed by atoms with Crippen molar-refractivity contribution in [1.82, 2.24) is 0 Å². The van der Waals surface area contributed by atoms with E-state index >= 15 is 0 Å². The fourth-order valence-corrected chi connectivity index (χ4v) is 5.72. The molecule has 3 N–H and O–H groups in total. The lowest BCUT2D eigenvalue weighted by Gasteiger charge is -2.58. The van der Waals surface area contributed by atoms with Crippen LogP contribution in [0.1, 0.15) is 40.5 Å². The molecular weight excluding hydrogens is 352 g/mol. The third-order valence-electron chi connectivity index (χ3n) is 7.49. The summed E-state index contributed by atoms with van der Waals surface area (Å²) < 4.78 is 17.7. The van der Waals surface area contributed by atoms with E-state index in [0.717, 1.165) is 5.57 Å². The maximum Gasteiger partial charge on any atom is 0.306 e. The van der Waals surface area contributed by atoms with Gasteiger partial charge in [0, 0.05) is 17.3 Å². The smallest absolute Gasteiger partial charge is 0.306 e. The van der Waals surface area contributed by atoms with E-state index in [1.54, 1.807) is 0 Å². The summed E-state index contributed by atoms with van der Waals surface area (Å²) in [7, 11) is 0. The number of ether oxygens (including phenoxy) is 3. The number of hydrogen-bond donors (Lipinski definition) is 3. The van der Waals surface area contributed by atoms with Crippen LogP contribution in [0.5, 0.6) is 0 Å². The van der Waals surface area contributed by atoms with Crippen molar-refractivity contribution in [3.8, 4) is 0 Å². The molecule has 4 aliphatic rings. The van der Waals surface area contributed by atoms with Gasteiger partial charge in [-0.25, -0.2) is 0 Å². The lowest BCUT2D eigenvalue weighted by molar-refractivity contribution is -0.235. The number of aliphatic hydroxyl groups is 3. The van der Waals surface area contributed by atoms with Gasteiger partial charge in [-0.05, 0) is 24.8 Å². The second kappa shape index (κ2) is 6.00. The number of hydrogen-bond acceptors (Lipinski definition) is 7. The molecule has 2 saturated heterocycles. The quantitative estimate of drug-likeness (QED) is 0.370. The van der Waals surface area contributed by atoms with Crippen LogP contribution in [0.25, 0.3) is 0 Å². The van der Waals surface area contributed by atoms with Gasteiger partial charge in [0.2, 0.25) is 0 Å². The first kappa shape index (κ1) is 19.3. The molecule has 0 aromatic carbocycles. The van der Waals surface area contributed by atoms with E-state index in [0.29, 0.717) is 19.4 Å². The number of rotatable bonds is 4. The van der Waals surface area contributed by atoms with E-state index in [-0.39, 0.29) is 18.5 Å². The summed E-state index contributed by atoms with van der Waals surface area (Å²) in [5.41, 5.74) is -1.78. The number of aliphatic hydroxyl groups excluding tert-OH is 3. The molecular formula is C20H30O7. The number of epoxide rings is 1. The predicted octanol–water partition coefficient (Wildman–Crippen LogP) is 0.551. The summed E-state index contributed by atoms with van der Waals surface area (Å²) in [6.45, 7) is 7.76. The van der Waals surface area contributed by atoms with Crippen molar-refractivity contribution in [2.75, 3.05) is 13.2 Å². The summed E-state index contributed by atoms with van der Waals surface area (Å²) >= 11 is 0. The normalized spacial score (nSPS) is 50.5. The molecule has 0 amide bonds. The number of esters is 1. The lowest BCUT2D eigenvalue weighted by Crippen LogP contribution is -2.67. The molecule has 152 valence electrons. The van der Waals surface area contributed by atoms with Gasteiger partial charge in [-0.3, -0.25) is 4.79 Å². The largest absolute Gasteiger partial charge is 0.458 e. The van der Waals surface area contributed by atoms with E-state index in [1.165, 1.54) is 0 Å². The van der Waals surface area contributed by atoms with Crippen LogP contribution in [0.3, 0.4) is 0 Å². The van der Waals surface area contributed by atoms with Crippen LogP contribution in [-0.4, -0.2) is 70.6 Å². The Balaban J connectivity index is 1.71. The van der Waals surface area contributed by atoms with Gasteiger partial charge in [0.1, 0.15) is 23.9 Å². The van der Waals surface area contributed by atoms with Crippen molar-refractivity contribution in [2.45, 2.75) is 76.7 Å². The highest BCUT2D eigenvalue weighted by Crippen LogP contribution is 2.71. The molecule has 2 bridgehead atoms. The summed E-state index contributed by atoms with van der Waals surface area (Å²) in [6, 6.07) is 0. The zero-order chi connectivity index (χ0) is 19.8. The topological polar surface area (TPSA) is 109 Å². The third kappa shape index (κ3) is 2.29. The van der Waals surface area contributed by atoms with Gasteiger partial charge in [-0.15, -0.1) is 0 Å². The fraction of sp³-hybridized carbons (Fsp3) is 0.850. The van der Waals surface area contributed by atoms with Gasteiger partial charge >= 0.3 is 5.97 Å². The zero-order valence-electron chi connectivity index (χ0n) is 16.3. The molecule has 1 spiro atoms. The molecule has 2 aliphatic heterocycles. The van der Waals surface area contributed by atoms with E-state index < -0.39 is 47.0 Å². The summed E-state index contributed by atoms with van der Waals surface area (Å²) in [6.07, 6.45) is -1.29. The maximum atomic E-state index is 12.3. The maximum absolute atomic E-state index is 12.3. The molecule has 1 unspecified atom stereocenters. The molecule has 2 aliphatic carbocycles. The van der Waals surface area contributed by atoms with Crippen molar-refractivity contribution in [3.63, 3.8) is 0 Å². The number of carbonyl (C=O) groups is 1. The van der Waals surface area contributed by atoms with Crippen molar-refractivity contribution in [1.29, 1.82) is 0 Å². The van der Waals surface area contributed by atoms with E-state index in [9.17, 15) is 20.1 Å². The Morgan fingerprint density at radius 3 is 2.63 bits per heavy atom. The third-order valence-corrected chi connectivity index (χ3v) is 7.49. The molecule has 7 nitrogen and oxygen atoms in total. The average Bonchev–Trinajstić information content (AvgIpc) is 3.38. The van der Waals surface area contributed by atoms with Gasteiger partial charge in [0.25, 0.3) is 0 Å². The lowest BCUT2D eigenvalue weighted by atomic mass is 9.51. The highest BCUT2D eigenvalue weighted by molar-refractivity contribution is 5.70. The summed E-state index contributed by atoms with van der Waals surface area (Å²) in [4.78, 5) is 12.3. The molecule has 7 heteroatoms. The van der Waals surface area contributed by atoms with Crippen LogP contribution >= 0.6 is 0 Å². The van der Waals surface area contributed by atoms with Crippen LogP contribution in [0, 0.1) is 16.7 Å². The van der Waals surface area contributed by atoms with E-state index in [2.05, 4.69) is 0 Å². The standard InChI is InChI=1S/C20H30O7/c1-10(2)5-14(22)26-12-7-19(8-21)13(6-11(12)3)27-17-15(23)16(24)18(19,4)20(17)9-25-20/h6,10,12-13,15-17,21,23-24H,5,7-9H2,1-4H3/t12-,13?,15+,16+,17+,18+,19+,20-/m0/s1. The number of carbonyl (C=O) groups excluding carboxylic acids is 1. The average molecular weight is 382 g/mol.